The Morgan fingerprint density at radius 3 is 2.80 bits per heavy atom. The molecule has 0 aliphatic carbocycles. The molecule has 2 rings (SSSR count). The standard InChI is InChI=1S/C17H23NO2/c1-4-16(2)13-17(9-11-18,10-12-20-16)14-7-5-6-8-15(14)19-3/h5-8H,4,9-10,12-13H2,1-3H3. The maximum atomic E-state index is 9.32. The van der Waals surface area contributed by atoms with Crippen molar-refractivity contribution in [2.24, 2.45) is 0 Å². The highest BCUT2D eigenvalue weighted by atomic mass is 16.5. The van der Waals surface area contributed by atoms with Gasteiger partial charge in [0.1, 0.15) is 5.75 Å². The van der Waals surface area contributed by atoms with Gasteiger partial charge in [-0.1, -0.05) is 25.1 Å². The molecule has 1 aliphatic rings. The molecule has 1 aliphatic heterocycles. The van der Waals surface area contributed by atoms with Crippen LogP contribution in [0.3, 0.4) is 0 Å². The van der Waals surface area contributed by atoms with Crippen LogP contribution in [0.1, 0.15) is 45.1 Å². The summed E-state index contributed by atoms with van der Waals surface area (Å²) < 4.78 is 11.5. The van der Waals surface area contributed by atoms with Gasteiger partial charge in [-0.3, -0.25) is 0 Å². The van der Waals surface area contributed by atoms with E-state index in [-0.39, 0.29) is 11.0 Å². The highest BCUT2D eigenvalue weighted by Gasteiger charge is 2.44. The molecule has 0 spiro atoms. The van der Waals surface area contributed by atoms with Crippen LogP contribution < -0.4 is 4.74 Å². The molecule has 0 radical (unpaired) electrons. The molecular weight excluding hydrogens is 250 g/mol. The monoisotopic (exact) mass is 273 g/mol. The summed E-state index contributed by atoms with van der Waals surface area (Å²) in [5.74, 6) is 0.878. The summed E-state index contributed by atoms with van der Waals surface area (Å²) in [5.41, 5.74) is 0.826. The highest BCUT2D eigenvalue weighted by Crippen LogP contribution is 2.47. The van der Waals surface area contributed by atoms with Gasteiger partial charge in [-0.15, -0.1) is 0 Å². The molecule has 0 saturated carbocycles. The fourth-order valence-electron chi connectivity index (χ4n) is 3.29. The summed E-state index contributed by atoms with van der Waals surface area (Å²) in [6.07, 6.45) is 3.20. The zero-order chi connectivity index (χ0) is 14.6. The van der Waals surface area contributed by atoms with Crippen molar-refractivity contribution in [2.45, 2.75) is 50.5 Å². The number of rotatable bonds is 4. The van der Waals surface area contributed by atoms with Gasteiger partial charge < -0.3 is 9.47 Å². The van der Waals surface area contributed by atoms with Crippen molar-refractivity contribution in [1.29, 1.82) is 5.26 Å². The van der Waals surface area contributed by atoms with Gasteiger partial charge in [-0.2, -0.15) is 5.26 Å². The third-order valence-electron chi connectivity index (χ3n) is 4.59. The van der Waals surface area contributed by atoms with E-state index in [2.05, 4.69) is 26.0 Å². The first-order valence-corrected chi connectivity index (χ1v) is 7.23. The van der Waals surface area contributed by atoms with Crippen LogP contribution in [0.15, 0.2) is 24.3 Å². The zero-order valence-corrected chi connectivity index (χ0v) is 12.6. The number of para-hydroxylation sites is 1. The van der Waals surface area contributed by atoms with E-state index >= 15 is 0 Å². The van der Waals surface area contributed by atoms with Crippen LogP contribution in [0.25, 0.3) is 0 Å². The fourth-order valence-corrected chi connectivity index (χ4v) is 3.29. The van der Waals surface area contributed by atoms with E-state index in [9.17, 15) is 5.26 Å². The third-order valence-corrected chi connectivity index (χ3v) is 4.59. The summed E-state index contributed by atoms with van der Waals surface area (Å²) in [6.45, 7) is 4.99. The average Bonchev–Trinajstić information content (AvgIpc) is 2.47. The molecule has 0 bridgehead atoms. The topological polar surface area (TPSA) is 42.2 Å². The first kappa shape index (κ1) is 14.9. The maximum Gasteiger partial charge on any atom is 0.122 e. The second-order valence-electron chi connectivity index (χ2n) is 5.89. The summed E-state index contributed by atoms with van der Waals surface area (Å²) in [5, 5.41) is 9.32. The van der Waals surface area contributed by atoms with E-state index < -0.39 is 0 Å². The highest BCUT2D eigenvalue weighted by molar-refractivity contribution is 5.41. The number of ether oxygens (including phenoxy) is 2. The lowest BCUT2D eigenvalue weighted by atomic mass is 9.66. The molecule has 3 nitrogen and oxygen atoms in total. The Hall–Kier alpha value is -1.53. The largest absolute Gasteiger partial charge is 0.496 e. The predicted octanol–water partition coefficient (Wildman–Crippen LogP) is 3.83. The number of benzene rings is 1. The molecule has 3 heteroatoms. The van der Waals surface area contributed by atoms with Crippen molar-refractivity contribution in [3.05, 3.63) is 29.8 Å². The number of nitrogens with zero attached hydrogens (tertiary/aromatic N) is 1. The van der Waals surface area contributed by atoms with Gasteiger partial charge in [-0.25, -0.2) is 0 Å². The van der Waals surface area contributed by atoms with Gasteiger partial charge in [0.15, 0.2) is 0 Å². The van der Waals surface area contributed by atoms with Gasteiger partial charge >= 0.3 is 0 Å². The van der Waals surface area contributed by atoms with Crippen molar-refractivity contribution < 1.29 is 9.47 Å². The van der Waals surface area contributed by atoms with E-state index in [1.165, 1.54) is 0 Å². The van der Waals surface area contributed by atoms with E-state index in [0.29, 0.717) is 13.0 Å². The zero-order valence-electron chi connectivity index (χ0n) is 12.6. The fraction of sp³-hybridized carbons (Fsp3) is 0.588. The first-order chi connectivity index (χ1) is 9.59. The second kappa shape index (κ2) is 5.85. The van der Waals surface area contributed by atoms with E-state index in [1.807, 2.05) is 18.2 Å². The molecule has 2 atom stereocenters. The summed E-state index contributed by atoms with van der Waals surface area (Å²) in [6, 6.07) is 10.4. The lowest BCUT2D eigenvalue weighted by molar-refractivity contribution is -0.0960. The lowest BCUT2D eigenvalue weighted by Gasteiger charge is -2.46. The Morgan fingerprint density at radius 2 is 2.15 bits per heavy atom. The van der Waals surface area contributed by atoms with E-state index in [4.69, 9.17) is 9.47 Å². The number of hydrogen-bond acceptors (Lipinski definition) is 3. The Labute approximate surface area is 121 Å². The maximum absolute atomic E-state index is 9.32. The molecule has 1 aromatic rings. The Bertz CT molecular complexity index is 508. The van der Waals surface area contributed by atoms with Crippen molar-refractivity contribution in [1.82, 2.24) is 0 Å². The minimum atomic E-state index is -0.162. The normalized spacial score (nSPS) is 29.7. The Balaban J connectivity index is 2.47. The van der Waals surface area contributed by atoms with Crippen LogP contribution in [-0.2, 0) is 10.2 Å². The van der Waals surface area contributed by atoms with Crippen LogP contribution in [-0.4, -0.2) is 19.3 Å². The number of nitriles is 1. The minimum absolute atomic E-state index is 0.157. The van der Waals surface area contributed by atoms with Gasteiger partial charge in [0, 0.05) is 24.0 Å². The quantitative estimate of drug-likeness (QED) is 0.837. The smallest absolute Gasteiger partial charge is 0.122 e. The van der Waals surface area contributed by atoms with Crippen LogP contribution in [0.2, 0.25) is 0 Å². The molecule has 1 aromatic carbocycles. The van der Waals surface area contributed by atoms with E-state index in [1.54, 1.807) is 7.11 Å². The van der Waals surface area contributed by atoms with E-state index in [0.717, 1.165) is 30.6 Å². The van der Waals surface area contributed by atoms with Gasteiger partial charge in [-0.05, 0) is 32.3 Å². The first-order valence-electron chi connectivity index (χ1n) is 7.23. The summed E-state index contributed by atoms with van der Waals surface area (Å²) in [7, 11) is 1.69. The number of hydrogen-bond donors (Lipinski definition) is 0. The van der Waals surface area contributed by atoms with Crippen LogP contribution in [0.5, 0.6) is 5.75 Å². The molecule has 1 fully saturated rings. The molecule has 108 valence electrons. The van der Waals surface area contributed by atoms with Crippen LogP contribution >= 0.6 is 0 Å². The average molecular weight is 273 g/mol. The molecule has 20 heavy (non-hydrogen) atoms. The van der Waals surface area contributed by atoms with Crippen LogP contribution in [0, 0.1) is 11.3 Å². The van der Waals surface area contributed by atoms with Gasteiger partial charge in [0.05, 0.1) is 18.8 Å². The minimum Gasteiger partial charge on any atom is -0.496 e. The van der Waals surface area contributed by atoms with Crippen molar-refractivity contribution >= 4 is 0 Å². The van der Waals surface area contributed by atoms with Crippen molar-refractivity contribution in [3.8, 4) is 11.8 Å². The molecule has 1 saturated heterocycles. The molecule has 1 heterocycles. The number of methoxy groups -OCH3 is 1. The molecule has 2 unspecified atom stereocenters. The molecular formula is C17H23NO2. The van der Waals surface area contributed by atoms with Gasteiger partial charge in [0.25, 0.3) is 0 Å². The summed E-state index contributed by atoms with van der Waals surface area (Å²) in [4.78, 5) is 0. The van der Waals surface area contributed by atoms with Crippen molar-refractivity contribution in [2.75, 3.05) is 13.7 Å². The second-order valence-corrected chi connectivity index (χ2v) is 5.89. The van der Waals surface area contributed by atoms with Gasteiger partial charge in [0.2, 0.25) is 0 Å². The third kappa shape index (κ3) is 2.66. The Morgan fingerprint density at radius 1 is 1.40 bits per heavy atom. The SMILES string of the molecule is CCC1(C)CC(CC#N)(c2ccccc2OC)CCO1. The predicted molar refractivity (Wildman–Crippen MR) is 78.8 cm³/mol. The molecule has 0 aromatic heterocycles. The Kier molecular flexibility index (Phi) is 4.35. The van der Waals surface area contributed by atoms with Crippen molar-refractivity contribution in [3.63, 3.8) is 0 Å². The molecule has 0 amide bonds. The van der Waals surface area contributed by atoms with Crippen LogP contribution in [0.4, 0.5) is 0 Å². The lowest BCUT2D eigenvalue weighted by Crippen LogP contribution is -2.45. The molecule has 0 N–H and O–H groups in total. The summed E-state index contributed by atoms with van der Waals surface area (Å²) >= 11 is 0.